The Morgan fingerprint density at radius 2 is 2.00 bits per heavy atom. The van der Waals surface area contributed by atoms with E-state index in [-0.39, 0.29) is 5.91 Å². The molecule has 1 atom stereocenters. The summed E-state index contributed by atoms with van der Waals surface area (Å²) in [7, 11) is 0. The summed E-state index contributed by atoms with van der Waals surface area (Å²) >= 11 is 0. The monoisotopic (exact) mass is 310 g/mol. The van der Waals surface area contributed by atoms with Crippen LogP contribution >= 0.6 is 0 Å². The van der Waals surface area contributed by atoms with Crippen molar-refractivity contribution in [1.82, 2.24) is 0 Å². The van der Waals surface area contributed by atoms with Crippen LogP contribution in [0.3, 0.4) is 0 Å². The summed E-state index contributed by atoms with van der Waals surface area (Å²) in [5, 5.41) is 0. The Kier molecular flexibility index (Phi) is 4.63. The number of ether oxygens (including phenoxy) is 1. The minimum Gasteiger partial charge on any atom is -0.398 e. The van der Waals surface area contributed by atoms with Gasteiger partial charge >= 0.3 is 0 Å². The van der Waals surface area contributed by atoms with Crippen LogP contribution in [0.2, 0.25) is 0 Å². The Bertz CT molecular complexity index is 685. The van der Waals surface area contributed by atoms with Crippen molar-refractivity contribution in [2.24, 2.45) is 0 Å². The molecule has 1 heterocycles. The van der Waals surface area contributed by atoms with Crippen LogP contribution in [0.5, 0.6) is 0 Å². The minimum absolute atomic E-state index is 0.00696. The van der Waals surface area contributed by atoms with Crippen molar-refractivity contribution >= 4 is 17.3 Å². The van der Waals surface area contributed by atoms with Crippen LogP contribution in [-0.2, 0) is 22.6 Å². The van der Waals surface area contributed by atoms with E-state index in [1.54, 1.807) is 0 Å². The van der Waals surface area contributed by atoms with E-state index < -0.39 is 6.10 Å². The molecule has 3 rings (SSSR count). The first-order valence-electron chi connectivity index (χ1n) is 8.01. The molecule has 2 N–H and O–H groups in total. The van der Waals surface area contributed by atoms with E-state index in [4.69, 9.17) is 10.5 Å². The summed E-state index contributed by atoms with van der Waals surface area (Å²) in [6, 6.07) is 15.6. The van der Waals surface area contributed by atoms with Crippen LogP contribution in [0.15, 0.2) is 48.5 Å². The van der Waals surface area contributed by atoms with Gasteiger partial charge in [-0.15, -0.1) is 0 Å². The van der Waals surface area contributed by atoms with Gasteiger partial charge in [0.25, 0.3) is 5.91 Å². The fourth-order valence-electron chi connectivity index (χ4n) is 2.97. The smallest absolute Gasteiger partial charge is 0.255 e. The molecule has 2 aromatic rings. The largest absolute Gasteiger partial charge is 0.398 e. The van der Waals surface area contributed by atoms with Gasteiger partial charge in [0.15, 0.2) is 0 Å². The molecule has 4 nitrogen and oxygen atoms in total. The van der Waals surface area contributed by atoms with E-state index in [2.05, 4.69) is 0 Å². The van der Waals surface area contributed by atoms with Crippen LogP contribution in [0.4, 0.5) is 11.4 Å². The molecule has 0 fully saturated rings. The summed E-state index contributed by atoms with van der Waals surface area (Å²) in [6.07, 6.45) is 1.37. The molecule has 0 saturated heterocycles. The Balaban J connectivity index is 1.70. The SMILES string of the molecule is CC(OCc1ccccc1)C(=O)N1CCCc2c(N)cccc21. The number of hydrogen-bond acceptors (Lipinski definition) is 3. The second kappa shape index (κ2) is 6.84. The Hall–Kier alpha value is -2.33. The van der Waals surface area contributed by atoms with Gasteiger partial charge in [-0.05, 0) is 43.0 Å². The normalized spacial score (nSPS) is 15.1. The third kappa shape index (κ3) is 3.37. The maximum Gasteiger partial charge on any atom is 0.255 e. The van der Waals surface area contributed by atoms with Crippen molar-refractivity contribution in [3.8, 4) is 0 Å². The highest BCUT2D eigenvalue weighted by molar-refractivity contribution is 5.98. The Morgan fingerprint density at radius 3 is 2.78 bits per heavy atom. The topological polar surface area (TPSA) is 55.6 Å². The lowest BCUT2D eigenvalue weighted by Crippen LogP contribution is -2.42. The average molecular weight is 310 g/mol. The van der Waals surface area contributed by atoms with Crippen molar-refractivity contribution in [3.63, 3.8) is 0 Å². The molecule has 2 aromatic carbocycles. The van der Waals surface area contributed by atoms with Gasteiger partial charge in [0.2, 0.25) is 0 Å². The van der Waals surface area contributed by atoms with E-state index in [1.807, 2.05) is 60.4 Å². The molecule has 0 aromatic heterocycles. The molecule has 0 bridgehead atoms. The van der Waals surface area contributed by atoms with Crippen LogP contribution < -0.4 is 10.6 Å². The predicted octanol–water partition coefficient (Wildman–Crippen LogP) is 3.15. The maximum atomic E-state index is 12.8. The highest BCUT2D eigenvalue weighted by Crippen LogP contribution is 2.31. The highest BCUT2D eigenvalue weighted by Gasteiger charge is 2.27. The first kappa shape index (κ1) is 15.6. The lowest BCUT2D eigenvalue weighted by Gasteiger charge is -2.32. The second-order valence-electron chi connectivity index (χ2n) is 5.88. The Morgan fingerprint density at radius 1 is 1.22 bits per heavy atom. The van der Waals surface area contributed by atoms with E-state index in [1.165, 1.54) is 0 Å². The summed E-state index contributed by atoms with van der Waals surface area (Å²) < 4.78 is 5.77. The summed E-state index contributed by atoms with van der Waals surface area (Å²) in [4.78, 5) is 14.6. The van der Waals surface area contributed by atoms with Crippen molar-refractivity contribution in [2.45, 2.75) is 32.5 Å². The maximum absolute atomic E-state index is 12.8. The molecule has 1 unspecified atom stereocenters. The summed E-state index contributed by atoms with van der Waals surface area (Å²) in [5.41, 5.74) is 9.87. The molecule has 23 heavy (non-hydrogen) atoms. The van der Waals surface area contributed by atoms with Crippen LogP contribution in [-0.4, -0.2) is 18.6 Å². The third-order valence-corrected chi connectivity index (χ3v) is 4.24. The molecule has 4 heteroatoms. The molecule has 120 valence electrons. The van der Waals surface area contributed by atoms with Crippen LogP contribution in [0.25, 0.3) is 0 Å². The number of amides is 1. The molecule has 0 radical (unpaired) electrons. The van der Waals surface area contributed by atoms with E-state index in [0.29, 0.717) is 13.2 Å². The zero-order valence-corrected chi connectivity index (χ0v) is 13.4. The number of nitrogens with two attached hydrogens (primary N) is 1. The molecule has 0 spiro atoms. The zero-order chi connectivity index (χ0) is 16.2. The molecule has 1 amide bonds. The third-order valence-electron chi connectivity index (χ3n) is 4.24. The first-order chi connectivity index (χ1) is 11.2. The molecule has 0 aliphatic carbocycles. The van der Waals surface area contributed by atoms with Crippen molar-refractivity contribution < 1.29 is 9.53 Å². The van der Waals surface area contributed by atoms with Gasteiger partial charge < -0.3 is 15.4 Å². The summed E-state index contributed by atoms with van der Waals surface area (Å²) in [6.45, 7) is 2.96. The number of anilines is 2. The average Bonchev–Trinajstić information content (AvgIpc) is 2.60. The van der Waals surface area contributed by atoms with Crippen molar-refractivity contribution in [2.75, 3.05) is 17.2 Å². The van der Waals surface area contributed by atoms with Gasteiger partial charge in [-0.25, -0.2) is 0 Å². The van der Waals surface area contributed by atoms with E-state index in [9.17, 15) is 4.79 Å². The summed E-state index contributed by atoms with van der Waals surface area (Å²) in [5.74, 6) is -0.00696. The number of carbonyl (C=O) groups is 1. The van der Waals surface area contributed by atoms with Gasteiger partial charge in [0.1, 0.15) is 6.10 Å². The molecular formula is C19H22N2O2. The number of nitrogen functional groups attached to an aromatic ring is 1. The number of benzene rings is 2. The van der Waals surface area contributed by atoms with Gasteiger partial charge in [-0.1, -0.05) is 36.4 Å². The number of fused-ring (bicyclic) bond motifs is 1. The van der Waals surface area contributed by atoms with Crippen LogP contribution in [0.1, 0.15) is 24.5 Å². The molecule has 0 saturated carbocycles. The molecule has 1 aliphatic rings. The number of carbonyl (C=O) groups excluding carboxylic acids is 1. The fraction of sp³-hybridized carbons (Fsp3) is 0.316. The number of nitrogens with zero attached hydrogens (tertiary/aromatic N) is 1. The lowest BCUT2D eigenvalue weighted by atomic mass is 9.99. The Labute approximate surface area is 136 Å². The van der Waals surface area contributed by atoms with E-state index in [0.717, 1.165) is 35.3 Å². The molecular weight excluding hydrogens is 288 g/mol. The van der Waals surface area contributed by atoms with Gasteiger partial charge in [-0.3, -0.25) is 4.79 Å². The lowest BCUT2D eigenvalue weighted by molar-refractivity contribution is -0.129. The fourth-order valence-corrected chi connectivity index (χ4v) is 2.97. The number of hydrogen-bond donors (Lipinski definition) is 1. The standard InChI is InChI=1S/C19H22N2O2/c1-14(23-13-15-7-3-2-4-8-15)19(22)21-12-6-9-16-17(20)10-5-11-18(16)21/h2-5,7-8,10-11,14H,6,9,12-13,20H2,1H3. The molecule has 1 aliphatic heterocycles. The van der Waals surface area contributed by atoms with Crippen molar-refractivity contribution in [1.29, 1.82) is 0 Å². The highest BCUT2D eigenvalue weighted by atomic mass is 16.5. The van der Waals surface area contributed by atoms with Crippen molar-refractivity contribution in [3.05, 3.63) is 59.7 Å². The second-order valence-corrected chi connectivity index (χ2v) is 5.88. The minimum atomic E-state index is -0.484. The van der Waals surface area contributed by atoms with Gasteiger partial charge in [-0.2, -0.15) is 0 Å². The van der Waals surface area contributed by atoms with Gasteiger partial charge in [0.05, 0.1) is 6.61 Å². The number of rotatable bonds is 4. The quantitative estimate of drug-likeness (QED) is 0.883. The van der Waals surface area contributed by atoms with Gasteiger partial charge in [0, 0.05) is 17.9 Å². The van der Waals surface area contributed by atoms with Crippen LogP contribution in [0, 0.1) is 0 Å². The van der Waals surface area contributed by atoms with E-state index >= 15 is 0 Å². The zero-order valence-electron chi connectivity index (χ0n) is 13.4. The first-order valence-corrected chi connectivity index (χ1v) is 8.01. The predicted molar refractivity (Wildman–Crippen MR) is 92.2 cm³/mol.